The van der Waals surface area contributed by atoms with E-state index in [1.807, 2.05) is 32.0 Å². The third-order valence-electron chi connectivity index (χ3n) is 6.02. The third-order valence-corrected chi connectivity index (χ3v) is 7.40. The van der Waals surface area contributed by atoms with E-state index >= 15 is 0 Å². The number of hydrogen-bond donors (Lipinski definition) is 3. The first-order chi connectivity index (χ1) is 16.3. The fourth-order valence-corrected chi connectivity index (χ4v) is 5.40. The van der Waals surface area contributed by atoms with Crippen LogP contribution in [-0.2, 0) is 9.92 Å². The lowest BCUT2D eigenvalue weighted by Gasteiger charge is -2.24. The van der Waals surface area contributed by atoms with Crippen molar-refractivity contribution < 1.29 is 13.7 Å². The van der Waals surface area contributed by atoms with Crippen LogP contribution < -0.4 is 14.8 Å². The molecule has 176 valence electrons. The van der Waals surface area contributed by atoms with Gasteiger partial charge in [0, 0.05) is 36.8 Å². The monoisotopic (exact) mass is 478 g/mol. The second kappa shape index (κ2) is 8.69. The fourth-order valence-electron chi connectivity index (χ4n) is 4.37. The van der Waals surface area contributed by atoms with E-state index in [1.54, 1.807) is 29.2 Å². The molecule has 2 aromatic carbocycles. The minimum Gasteiger partial charge on any atom is -0.471 e. The summed E-state index contributed by atoms with van der Waals surface area (Å²) in [4.78, 5) is 24.2. The number of anilines is 1. The smallest absolute Gasteiger partial charge is 0.254 e. The van der Waals surface area contributed by atoms with Gasteiger partial charge in [0.1, 0.15) is 6.10 Å². The van der Waals surface area contributed by atoms with Crippen LogP contribution in [0.3, 0.4) is 0 Å². The summed E-state index contributed by atoms with van der Waals surface area (Å²) in [6.07, 6.45) is -0.343. The van der Waals surface area contributed by atoms with E-state index < -0.39 is 9.92 Å². The minimum absolute atomic E-state index is 0.0320. The van der Waals surface area contributed by atoms with E-state index in [0.717, 1.165) is 16.7 Å². The Morgan fingerprint density at radius 3 is 2.68 bits per heavy atom. The van der Waals surface area contributed by atoms with Crippen molar-refractivity contribution in [1.29, 1.82) is 4.78 Å². The van der Waals surface area contributed by atoms with E-state index in [1.165, 1.54) is 6.07 Å². The summed E-state index contributed by atoms with van der Waals surface area (Å²) in [6, 6.07) is 14.1. The molecule has 9 nitrogen and oxygen atoms in total. The van der Waals surface area contributed by atoms with Crippen LogP contribution in [0.25, 0.3) is 11.3 Å². The number of nitrogens with one attached hydrogen (secondary N) is 3. The molecule has 2 unspecified atom stereocenters. The molecule has 2 atom stereocenters. The quantitative estimate of drug-likeness (QED) is 0.495. The molecule has 0 radical (unpaired) electrons. The predicted octanol–water partition coefficient (Wildman–Crippen LogP) is 3.00. The van der Waals surface area contributed by atoms with Crippen LogP contribution >= 0.6 is 0 Å². The molecule has 1 fully saturated rings. The zero-order chi connectivity index (χ0) is 23.9. The summed E-state index contributed by atoms with van der Waals surface area (Å²) < 4.78 is 30.9. The summed E-state index contributed by atoms with van der Waals surface area (Å²) in [7, 11) is -3.54. The molecule has 3 aromatic rings. The maximum atomic E-state index is 13.4. The van der Waals surface area contributed by atoms with Crippen molar-refractivity contribution >= 4 is 21.8 Å². The van der Waals surface area contributed by atoms with E-state index in [0.29, 0.717) is 37.4 Å². The molecular weight excluding hydrogens is 452 g/mol. The van der Waals surface area contributed by atoms with Crippen LogP contribution in [0, 0.1) is 18.6 Å². The normalized spacial score (nSPS) is 22.4. The summed E-state index contributed by atoms with van der Waals surface area (Å²) >= 11 is 0. The Morgan fingerprint density at radius 1 is 1.12 bits per heavy atom. The number of rotatable bonds is 1. The molecule has 2 aliphatic heterocycles. The van der Waals surface area contributed by atoms with Crippen molar-refractivity contribution in [2.45, 2.75) is 24.8 Å². The largest absolute Gasteiger partial charge is 0.471 e. The standard InChI is InChI=1S/C24H26N6O3S/c1-15-5-3-6-16(2)22(15)20-12-21-28-24(27-20)29-34(25,32)19-8-4-7-17(11-19)23(31)30-10-9-26-13-18(14-30)33-21/h3-8,11-12,18,26H,9-10,13-14H2,1-2H3,(H2,25,27,28,29,32). The molecule has 1 saturated heterocycles. The van der Waals surface area contributed by atoms with Crippen molar-refractivity contribution in [3.8, 4) is 17.1 Å². The van der Waals surface area contributed by atoms with Gasteiger partial charge in [-0.15, -0.1) is 0 Å². The zero-order valence-corrected chi connectivity index (χ0v) is 19.8. The van der Waals surface area contributed by atoms with Gasteiger partial charge >= 0.3 is 0 Å². The number of hydrogen-bond acceptors (Lipinski definition) is 7. The minimum atomic E-state index is -3.54. The number of ether oxygens (including phenoxy) is 1. The topological polar surface area (TPSA) is 120 Å². The van der Waals surface area contributed by atoms with Crippen molar-refractivity contribution in [3.05, 3.63) is 65.2 Å². The van der Waals surface area contributed by atoms with Crippen molar-refractivity contribution in [1.82, 2.24) is 20.2 Å². The van der Waals surface area contributed by atoms with Crippen molar-refractivity contribution in [3.63, 3.8) is 0 Å². The molecule has 0 saturated carbocycles. The number of carbonyl (C=O) groups excluding carboxylic acids is 1. The van der Waals surface area contributed by atoms with Gasteiger partial charge in [-0.3, -0.25) is 9.52 Å². The molecule has 3 heterocycles. The van der Waals surface area contributed by atoms with E-state index in [4.69, 9.17) is 9.52 Å². The number of benzene rings is 2. The Bertz CT molecular complexity index is 1350. The van der Waals surface area contributed by atoms with Gasteiger partial charge in [0.25, 0.3) is 5.91 Å². The summed E-state index contributed by atoms with van der Waals surface area (Å²) in [5.41, 5.74) is 3.97. The molecule has 0 spiro atoms. The molecule has 6 bridgehead atoms. The first-order valence-electron chi connectivity index (χ1n) is 11.1. The highest BCUT2D eigenvalue weighted by Crippen LogP contribution is 2.30. The molecule has 10 heteroatoms. The van der Waals surface area contributed by atoms with Gasteiger partial charge in [-0.1, -0.05) is 24.3 Å². The highest BCUT2D eigenvalue weighted by molar-refractivity contribution is 7.93. The van der Waals surface area contributed by atoms with Crippen LogP contribution in [0.1, 0.15) is 21.5 Å². The maximum Gasteiger partial charge on any atom is 0.254 e. The SMILES string of the molecule is Cc1cccc(C)c1-c1cc2nc(n1)NS(=N)(=O)c1cccc(c1)C(=O)N1CCNCC(C1)O2. The van der Waals surface area contributed by atoms with Crippen LogP contribution in [0.5, 0.6) is 5.88 Å². The van der Waals surface area contributed by atoms with Gasteiger partial charge in [-0.05, 0) is 43.2 Å². The molecule has 0 aliphatic carbocycles. The Morgan fingerprint density at radius 2 is 1.88 bits per heavy atom. The van der Waals surface area contributed by atoms with Gasteiger partial charge in [0.05, 0.1) is 17.1 Å². The molecule has 1 amide bonds. The van der Waals surface area contributed by atoms with Crippen molar-refractivity contribution in [2.75, 3.05) is 30.9 Å². The first kappa shape index (κ1) is 22.3. The highest BCUT2D eigenvalue weighted by Gasteiger charge is 2.27. The number of aryl methyl sites for hydroxylation is 2. The van der Waals surface area contributed by atoms with Crippen LogP contribution in [0.4, 0.5) is 5.95 Å². The number of fused-ring (bicyclic) bond motifs is 6. The summed E-state index contributed by atoms with van der Waals surface area (Å²) in [6.45, 7) is 6.06. The Kier molecular flexibility index (Phi) is 5.70. The maximum absolute atomic E-state index is 13.4. The average molecular weight is 479 g/mol. The lowest BCUT2D eigenvalue weighted by Crippen LogP contribution is -2.40. The first-order valence-corrected chi connectivity index (χ1v) is 12.6. The van der Waals surface area contributed by atoms with E-state index in [-0.39, 0.29) is 28.7 Å². The molecule has 2 aliphatic rings. The predicted molar refractivity (Wildman–Crippen MR) is 129 cm³/mol. The highest BCUT2D eigenvalue weighted by atomic mass is 32.2. The van der Waals surface area contributed by atoms with Crippen LogP contribution in [-0.4, -0.2) is 57.3 Å². The average Bonchev–Trinajstić information content (AvgIpc) is 3.03. The number of amides is 1. The molecule has 5 rings (SSSR count). The molecule has 3 N–H and O–H groups in total. The van der Waals surface area contributed by atoms with Gasteiger partial charge in [-0.25, -0.2) is 14.0 Å². The molecule has 34 heavy (non-hydrogen) atoms. The van der Waals surface area contributed by atoms with Crippen LogP contribution in [0.2, 0.25) is 0 Å². The van der Waals surface area contributed by atoms with Crippen molar-refractivity contribution in [2.24, 2.45) is 0 Å². The number of nitrogens with zero attached hydrogens (tertiary/aromatic N) is 3. The van der Waals surface area contributed by atoms with Gasteiger partial charge in [-0.2, -0.15) is 4.98 Å². The number of carbonyl (C=O) groups is 1. The summed E-state index contributed by atoms with van der Waals surface area (Å²) in [5, 5.41) is 3.32. The second-order valence-corrected chi connectivity index (χ2v) is 10.4. The zero-order valence-electron chi connectivity index (χ0n) is 19.0. The number of aromatic nitrogens is 2. The lowest BCUT2D eigenvalue weighted by atomic mass is 10.00. The molecule has 1 aromatic heterocycles. The second-order valence-electron chi connectivity index (χ2n) is 8.56. The van der Waals surface area contributed by atoms with Gasteiger partial charge in [0.2, 0.25) is 11.8 Å². The third kappa shape index (κ3) is 4.34. The van der Waals surface area contributed by atoms with Gasteiger partial charge in [0.15, 0.2) is 9.92 Å². The van der Waals surface area contributed by atoms with E-state index in [2.05, 4.69) is 20.0 Å². The van der Waals surface area contributed by atoms with Gasteiger partial charge < -0.3 is 15.0 Å². The fraction of sp³-hybridized carbons (Fsp3) is 0.292. The Labute approximate surface area is 198 Å². The Balaban J connectivity index is 1.68. The van der Waals surface area contributed by atoms with E-state index in [9.17, 15) is 9.00 Å². The Hall–Kier alpha value is -3.50. The lowest BCUT2D eigenvalue weighted by molar-refractivity contribution is 0.0693. The van der Waals surface area contributed by atoms with Crippen LogP contribution in [0.15, 0.2) is 53.4 Å². The molecular formula is C24H26N6O3S. The summed E-state index contributed by atoms with van der Waals surface area (Å²) in [5.74, 6) is 0.129.